The van der Waals surface area contributed by atoms with Crippen molar-refractivity contribution in [2.45, 2.75) is 18.7 Å². The lowest BCUT2D eigenvalue weighted by Crippen LogP contribution is -2.31. The Kier molecular flexibility index (Phi) is 5.47. The highest BCUT2D eigenvalue weighted by molar-refractivity contribution is 9.10. The van der Waals surface area contributed by atoms with Crippen molar-refractivity contribution in [3.8, 4) is 5.75 Å². The lowest BCUT2D eigenvalue weighted by molar-refractivity contribution is 0.331. The fourth-order valence-corrected chi connectivity index (χ4v) is 4.31. The van der Waals surface area contributed by atoms with E-state index >= 15 is 0 Å². The molecule has 0 saturated heterocycles. The summed E-state index contributed by atoms with van der Waals surface area (Å²) in [5, 5.41) is 0. The molecule has 4 nitrogen and oxygen atoms in total. The predicted molar refractivity (Wildman–Crippen MR) is 92.0 cm³/mol. The molecule has 2 aromatic rings. The fraction of sp³-hybridized carbons (Fsp3) is 0.250. The van der Waals surface area contributed by atoms with E-state index in [1.165, 1.54) is 4.31 Å². The number of anilines is 1. The number of rotatable bonds is 6. The van der Waals surface area contributed by atoms with Gasteiger partial charge in [0.1, 0.15) is 10.6 Å². The molecule has 0 N–H and O–H groups in total. The molecule has 0 aromatic heterocycles. The van der Waals surface area contributed by atoms with E-state index < -0.39 is 10.0 Å². The zero-order valence-electron chi connectivity index (χ0n) is 12.5. The smallest absolute Gasteiger partial charge is 0.268 e. The Labute approximate surface area is 139 Å². The number of nitrogens with zero attached hydrogens (tertiary/aromatic N) is 1. The second-order valence-corrected chi connectivity index (χ2v) is 7.28. The second-order valence-electron chi connectivity index (χ2n) is 4.53. The highest BCUT2D eigenvalue weighted by Gasteiger charge is 2.27. The largest absolute Gasteiger partial charge is 0.492 e. The molecule has 2 aromatic carbocycles. The minimum Gasteiger partial charge on any atom is -0.492 e. The molecule has 2 rings (SSSR count). The summed E-state index contributed by atoms with van der Waals surface area (Å²) in [4.78, 5) is 0.162. The molecule has 118 valence electrons. The van der Waals surface area contributed by atoms with Gasteiger partial charge in [0, 0.05) is 11.0 Å². The standard InChI is InChI=1S/C16H18BrNO3S/c1-3-18(14-8-6-5-7-9-14)22(19,20)16-12-13(17)10-11-15(16)21-4-2/h5-12H,3-4H2,1-2H3. The monoisotopic (exact) mass is 383 g/mol. The van der Waals surface area contributed by atoms with Gasteiger partial charge < -0.3 is 4.74 Å². The Morgan fingerprint density at radius 2 is 1.77 bits per heavy atom. The normalized spacial score (nSPS) is 11.2. The molecule has 0 bridgehead atoms. The van der Waals surface area contributed by atoms with Gasteiger partial charge in [-0.2, -0.15) is 0 Å². The molecule has 0 aliphatic rings. The van der Waals surface area contributed by atoms with E-state index in [9.17, 15) is 8.42 Å². The summed E-state index contributed by atoms with van der Waals surface area (Å²) < 4.78 is 33.6. The summed E-state index contributed by atoms with van der Waals surface area (Å²) >= 11 is 3.33. The molecule has 0 fully saturated rings. The number of para-hydroxylation sites is 1. The van der Waals surface area contributed by atoms with E-state index in [0.29, 0.717) is 29.1 Å². The highest BCUT2D eigenvalue weighted by atomic mass is 79.9. The van der Waals surface area contributed by atoms with Crippen molar-refractivity contribution >= 4 is 31.6 Å². The molecule has 0 atom stereocenters. The first-order chi connectivity index (χ1) is 10.5. The number of benzene rings is 2. The van der Waals surface area contributed by atoms with E-state index in [0.717, 1.165) is 0 Å². The number of halogens is 1. The first-order valence-corrected chi connectivity index (χ1v) is 9.24. The minimum absolute atomic E-state index is 0.162. The first-order valence-electron chi connectivity index (χ1n) is 7.00. The number of ether oxygens (including phenoxy) is 1. The molecular formula is C16H18BrNO3S. The summed E-state index contributed by atoms with van der Waals surface area (Å²) in [5.41, 5.74) is 0.632. The van der Waals surface area contributed by atoms with Crippen LogP contribution in [0.1, 0.15) is 13.8 Å². The Morgan fingerprint density at radius 1 is 1.09 bits per heavy atom. The Bertz CT molecular complexity index is 732. The van der Waals surface area contributed by atoms with Gasteiger partial charge in [0.25, 0.3) is 10.0 Å². The van der Waals surface area contributed by atoms with E-state index in [2.05, 4.69) is 15.9 Å². The summed E-state index contributed by atoms with van der Waals surface area (Å²) in [6, 6.07) is 14.1. The summed E-state index contributed by atoms with van der Waals surface area (Å²) in [5.74, 6) is 0.361. The third-order valence-corrected chi connectivity index (χ3v) is 5.52. The van der Waals surface area contributed by atoms with Crippen LogP contribution in [0.4, 0.5) is 5.69 Å². The topological polar surface area (TPSA) is 46.6 Å². The van der Waals surface area contributed by atoms with Crippen molar-refractivity contribution in [3.05, 3.63) is 53.0 Å². The van der Waals surface area contributed by atoms with Gasteiger partial charge in [0.05, 0.1) is 12.3 Å². The van der Waals surface area contributed by atoms with Crippen LogP contribution in [0.5, 0.6) is 5.75 Å². The maximum absolute atomic E-state index is 13.0. The van der Waals surface area contributed by atoms with E-state index in [-0.39, 0.29) is 4.90 Å². The molecule has 0 radical (unpaired) electrons. The zero-order valence-corrected chi connectivity index (χ0v) is 14.9. The van der Waals surface area contributed by atoms with E-state index in [4.69, 9.17) is 4.74 Å². The van der Waals surface area contributed by atoms with Crippen LogP contribution in [0, 0.1) is 0 Å². The van der Waals surface area contributed by atoms with Gasteiger partial charge in [-0.3, -0.25) is 4.31 Å². The molecule has 0 aliphatic carbocycles. The molecule has 0 aliphatic heterocycles. The van der Waals surface area contributed by atoms with Crippen LogP contribution in [0.2, 0.25) is 0 Å². The average molecular weight is 384 g/mol. The van der Waals surface area contributed by atoms with Gasteiger partial charge in [-0.25, -0.2) is 8.42 Å². The summed E-state index contributed by atoms with van der Waals surface area (Å²) in [7, 11) is -3.70. The van der Waals surface area contributed by atoms with Crippen molar-refractivity contribution in [2.24, 2.45) is 0 Å². The zero-order chi connectivity index (χ0) is 16.2. The van der Waals surface area contributed by atoms with Gasteiger partial charge in [-0.05, 0) is 44.2 Å². The van der Waals surface area contributed by atoms with Gasteiger partial charge in [-0.15, -0.1) is 0 Å². The maximum atomic E-state index is 13.0. The van der Waals surface area contributed by atoms with Crippen molar-refractivity contribution < 1.29 is 13.2 Å². The van der Waals surface area contributed by atoms with Crippen molar-refractivity contribution in [1.29, 1.82) is 0 Å². The SMILES string of the molecule is CCOc1ccc(Br)cc1S(=O)(=O)N(CC)c1ccccc1. The fourth-order valence-electron chi connectivity index (χ4n) is 2.16. The first kappa shape index (κ1) is 16.8. The highest BCUT2D eigenvalue weighted by Crippen LogP contribution is 2.32. The number of sulfonamides is 1. The van der Waals surface area contributed by atoms with Gasteiger partial charge >= 0.3 is 0 Å². The number of hydrogen-bond acceptors (Lipinski definition) is 3. The lowest BCUT2D eigenvalue weighted by atomic mass is 10.3. The summed E-state index contributed by atoms with van der Waals surface area (Å²) in [6.45, 7) is 4.38. The van der Waals surface area contributed by atoms with Crippen LogP contribution in [0.25, 0.3) is 0 Å². The van der Waals surface area contributed by atoms with E-state index in [1.54, 1.807) is 30.3 Å². The van der Waals surface area contributed by atoms with Gasteiger partial charge in [0.15, 0.2) is 0 Å². The molecule has 0 spiro atoms. The van der Waals surface area contributed by atoms with Gasteiger partial charge in [-0.1, -0.05) is 34.1 Å². The minimum atomic E-state index is -3.70. The van der Waals surface area contributed by atoms with Crippen LogP contribution < -0.4 is 9.04 Å². The molecule has 6 heteroatoms. The molecule has 0 heterocycles. The van der Waals surface area contributed by atoms with Crippen LogP contribution in [-0.4, -0.2) is 21.6 Å². The van der Waals surface area contributed by atoms with Crippen molar-refractivity contribution in [2.75, 3.05) is 17.5 Å². The predicted octanol–water partition coefficient (Wildman–Crippen LogP) is 4.06. The molecule has 0 unspecified atom stereocenters. The Morgan fingerprint density at radius 3 is 2.36 bits per heavy atom. The van der Waals surface area contributed by atoms with Crippen molar-refractivity contribution in [3.63, 3.8) is 0 Å². The van der Waals surface area contributed by atoms with Crippen LogP contribution >= 0.6 is 15.9 Å². The summed E-state index contributed by atoms with van der Waals surface area (Å²) in [6.07, 6.45) is 0. The average Bonchev–Trinajstić information content (AvgIpc) is 2.51. The third kappa shape index (κ3) is 3.44. The van der Waals surface area contributed by atoms with Gasteiger partial charge in [0.2, 0.25) is 0 Å². The van der Waals surface area contributed by atoms with Crippen LogP contribution in [0.15, 0.2) is 57.9 Å². The quantitative estimate of drug-likeness (QED) is 0.755. The molecular weight excluding hydrogens is 366 g/mol. The Hall–Kier alpha value is -1.53. The Balaban J connectivity index is 2.56. The number of hydrogen-bond donors (Lipinski definition) is 0. The molecule has 0 saturated carbocycles. The third-order valence-electron chi connectivity index (χ3n) is 3.11. The molecule has 0 amide bonds. The maximum Gasteiger partial charge on any atom is 0.268 e. The van der Waals surface area contributed by atoms with Crippen molar-refractivity contribution in [1.82, 2.24) is 0 Å². The molecule has 22 heavy (non-hydrogen) atoms. The van der Waals surface area contributed by atoms with Crippen LogP contribution in [0.3, 0.4) is 0 Å². The second kappa shape index (κ2) is 7.15. The lowest BCUT2D eigenvalue weighted by Gasteiger charge is -2.24. The van der Waals surface area contributed by atoms with Crippen LogP contribution in [-0.2, 0) is 10.0 Å². The van der Waals surface area contributed by atoms with E-state index in [1.807, 2.05) is 32.0 Å².